The minimum absolute atomic E-state index is 0.646. The molecule has 1 aromatic carbocycles. The third-order valence-electron chi connectivity index (χ3n) is 3.29. The van der Waals surface area contributed by atoms with E-state index in [0.29, 0.717) is 6.61 Å². The van der Waals surface area contributed by atoms with Crippen molar-refractivity contribution < 1.29 is 4.74 Å². The van der Waals surface area contributed by atoms with Crippen LogP contribution < -0.4 is 4.74 Å². The highest BCUT2D eigenvalue weighted by Gasteiger charge is 2.16. The van der Waals surface area contributed by atoms with E-state index in [2.05, 4.69) is 21.8 Å². The number of nitrogens with zero attached hydrogens (tertiary/aromatic N) is 4. The lowest BCUT2D eigenvalue weighted by Crippen LogP contribution is -2.00. The molecule has 0 atom stereocenters. The Morgan fingerprint density at radius 2 is 2.04 bits per heavy atom. The van der Waals surface area contributed by atoms with E-state index in [1.165, 1.54) is 0 Å². The lowest BCUT2D eigenvalue weighted by atomic mass is 10.2. The van der Waals surface area contributed by atoms with Gasteiger partial charge in [-0.25, -0.2) is 0 Å². The molecule has 3 rings (SSSR count). The van der Waals surface area contributed by atoms with Gasteiger partial charge in [-0.1, -0.05) is 17.8 Å². The number of aromatic nitrogens is 4. The zero-order chi connectivity index (χ0) is 16.8. The maximum atomic E-state index is 5.52. The molecule has 0 aliphatic heterocycles. The van der Waals surface area contributed by atoms with Crippen LogP contribution in [0.15, 0.2) is 66.6 Å². The molecule has 0 fully saturated rings. The Labute approximate surface area is 145 Å². The van der Waals surface area contributed by atoms with Crippen LogP contribution in [0.3, 0.4) is 0 Å². The summed E-state index contributed by atoms with van der Waals surface area (Å²) in [5.74, 6) is 2.37. The second-order valence-electron chi connectivity index (χ2n) is 4.91. The summed E-state index contributed by atoms with van der Waals surface area (Å²) < 4.78 is 7.55. The van der Waals surface area contributed by atoms with Crippen LogP contribution in [-0.4, -0.2) is 32.1 Å². The fraction of sp³-hybridized carbons (Fsp3) is 0.167. The van der Waals surface area contributed by atoms with E-state index in [1.807, 2.05) is 54.0 Å². The van der Waals surface area contributed by atoms with Crippen LogP contribution in [0.4, 0.5) is 0 Å². The van der Waals surface area contributed by atoms with Crippen LogP contribution in [0.1, 0.15) is 6.92 Å². The van der Waals surface area contributed by atoms with Crippen molar-refractivity contribution in [2.45, 2.75) is 12.1 Å². The van der Waals surface area contributed by atoms with Crippen molar-refractivity contribution in [1.29, 1.82) is 0 Å². The smallest absolute Gasteiger partial charge is 0.196 e. The van der Waals surface area contributed by atoms with E-state index in [4.69, 9.17) is 4.74 Å². The van der Waals surface area contributed by atoms with Crippen molar-refractivity contribution in [3.8, 4) is 22.8 Å². The quantitative estimate of drug-likeness (QED) is 0.481. The normalized spacial score (nSPS) is 10.5. The Hall–Kier alpha value is -2.60. The van der Waals surface area contributed by atoms with Crippen LogP contribution in [0.25, 0.3) is 17.1 Å². The summed E-state index contributed by atoms with van der Waals surface area (Å²) in [5.41, 5.74) is 1.90. The molecule has 122 valence electrons. The minimum Gasteiger partial charge on any atom is -0.494 e. The number of hydrogen-bond acceptors (Lipinski definition) is 5. The van der Waals surface area contributed by atoms with Gasteiger partial charge in [0.15, 0.2) is 11.0 Å². The predicted molar refractivity (Wildman–Crippen MR) is 96.7 cm³/mol. The SMILES string of the molecule is C=CCSc1nnc(-c2cccnc2)n1-c1ccc(OCC)cc1. The number of thioether (sulfide) groups is 1. The van der Waals surface area contributed by atoms with Crippen LogP contribution in [0.2, 0.25) is 0 Å². The number of benzene rings is 1. The average molecular weight is 338 g/mol. The Morgan fingerprint density at radius 3 is 2.71 bits per heavy atom. The number of pyridine rings is 1. The highest BCUT2D eigenvalue weighted by atomic mass is 32.2. The molecule has 6 heteroatoms. The van der Waals surface area contributed by atoms with E-state index >= 15 is 0 Å². The van der Waals surface area contributed by atoms with Gasteiger partial charge in [0.05, 0.1) is 6.61 Å². The van der Waals surface area contributed by atoms with Gasteiger partial charge in [0, 0.05) is 29.4 Å². The van der Waals surface area contributed by atoms with E-state index in [9.17, 15) is 0 Å². The molecule has 0 N–H and O–H groups in total. The molecule has 0 spiro atoms. The maximum absolute atomic E-state index is 5.52. The fourth-order valence-corrected chi connectivity index (χ4v) is 2.96. The van der Waals surface area contributed by atoms with Gasteiger partial charge < -0.3 is 4.74 Å². The zero-order valence-corrected chi connectivity index (χ0v) is 14.2. The molecule has 24 heavy (non-hydrogen) atoms. The first-order valence-electron chi connectivity index (χ1n) is 7.66. The number of rotatable bonds is 7. The van der Waals surface area contributed by atoms with E-state index in [1.54, 1.807) is 24.2 Å². The highest BCUT2D eigenvalue weighted by Crippen LogP contribution is 2.28. The van der Waals surface area contributed by atoms with Crippen molar-refractivity contribution in [2.75, 3.05) is 12.4 Å². The van der Waals surface area contributed by atoms with Crippen molar-refractivity contribution in [2.24, 2.45) is 0 Å². The van der Waals surface area contributed by atoms with Gasteiger partial charge in [0.25, 0.3) is 0 Å². The van der Waals surface area contributed by atoms with E-state index < -0.39 is 0 Å². The molecular formula is C18H18N4OS. The first-order chi connectivity index (χ1) is 11.8. The summed E-state index contributed by atoms with van der Waals surface area (Å²) in [7, 11) is 0. The summed E-state index contributed by atoms with van der Waals surface area (Å²) in [6, 6.07) is 11.8. The summed E-state index contributed by atoms with van der Waals surface area (Å²) in [6.07, 6.45) is 5.39. The Bertz CT molecular complexity index is 800. The van der Waals surface area contributed by atoms with E-state index in [-0.39, 0.29) is 0 Å². The molecule has 5 nitrogen and oxygen atoms in total. The fourth-order valence-electron chi connectivity index (χ4n) is 2.27. The second kappa shape index (κ2) is 7.79. The molecule has 0 bridgehead atoms. The molecule has 2 aromatic heterocycles. The molecule has 3 aromatic rings. The molecule has 0 aliphatic rings. The number of ether oxygens (including phenoxy) is 1. The summed E-state index contributed by atoms with van der Waals surface area (Å²) >= 11 is 1.59. The lowest BCUT2D eigenvalue weighted by Gasteiger charge is -2.11. The molecule has 0 saturated heterocycles. The highest BCUT2D eigenvalue weighted by molar-refractivity contribution is 7.99. The summed E-state index contributed by atoms with van der Waals surface area (Å²) in [5, 5.41) is 9.51. The predicted octanol–water partition coefficient (Wildman–Crippen LogP) is 4.01. The Kier molecular flexibility index (Phi) is 5.28. The van der Waals surface area contributed by atoms with Crippen LogP contribution >= 0.6 is 11.8 Å². The van der Waals surface area contributed by atoms with Gasteiger partial charge >= 0.3 is 0 Å². The molecule has 0 amide bonds. The van der Waals surface area contributed by atoms with Gasteiger partial charge in [-0.2, -0.15) is 0 Å². The second-order valence-corrected chi connectivity index (χ2v) is 5.90. The van der Waals surface area contributed by atoms with Crippen LogP contribution in [0, 0.1) is 0 Å². The van der Waals surface area contributed by atoms with Gasteiger partial charge in [0.2, 0.25) is 0 Å². The van der Waals surface area contributed by atoms with Crippen molar-refractivity contribution in [3.05, 3.63) is 61.4 Å². The monoisotopic (exact) mass is 338 g/mol. The largest absolute Gasteiger partial charge is 0.494 e. The molecule has 0 radical (unpaired) electrons. The zero-order valence-electron chi connectivity index (χ0n) is 13.4. The molecule has 0 saturated carbocycles. The third kappa shape index (κ3) is 3.49. The minimum atomic E-state index is 0.646. The van der Waals surface area contributed by atoms with Gasteiger partial charge in [-0.05, 0) is 43.3 Å². The molecule has 0 unspecified atom stereocenters. The van der Waals surface area contributed by atoms with Crippen molar-refractivity contribution in [3.63, 3.8) is 0 Å². The Balaban J connectivity index is 2.05. The molecular weight excluding hydrogens is 320 g/mol. The first kappa shape index (κ1) is 16.3. The number of hydrogen-bond donors (Lipinski definition) is 0. The maximum Gasteiger partial charge on any atom is 0.196 e. The molecule has 0 aliphatic carbocycles. The standard InChI is InChI=1S/C18H18N4OS/c1-3-12-24-18-21-20-17(14-6-5-11-19-13-14)22(18)15-7-9-16(10-8-15)23-4-2/h3,5-11,13H,1,4,12H2,2H3. The Morgan fingerprint density at radius 1 is 1.21 bits per heavy atom. The summed E-state index contributed by atoms with van der Waals surface area (Å²) in [6.45, 7) is 6.39. The molecule has 2 heterocycles. The van der Waals surface area contributed by atoms with Gasteiger partial charge in [0.1, 0.15) is 5.75 Å². The van der Waals surface area contributed by atoms with Crippen molar-refractivity contribution in [1.82, 2.24) is 19.7 Å². The summed E-state index contributed by atoms with van der Waals surface area (Å²) in [4.78, 5) is 4.18. The van der Waals surface area contributed by atoms with Crippen molar-refractivity contribution >= 4 is 11.8 Å². The van der Waals surface area contributed by atoms with Gasteiger partial charge in [-0.15, -0.1) is 16.8 Å². The van der Waals surface area contributed by atoms with Crippen LogP contribution in [-0.2, 0) is 0 Å². The third-order valence-corrected chi connectivity index (χ3v) is 4.21. The topological polar surface area (TPSA) is 52.8 Å². The average Bonchev–Trinajstić information content (AvgIpc) is 3.05. The lowest BCUT2D eigenvalue weighted by molar-refractivity contribution is 0.340. The van der Waals surface area contributed by atoms with E-state index in [0.717, 1.165) is 33.7 Å². The van der Waals surface area contributed by atoms with Crippen LogP contribution in [0.5, 0.6) is 5.75 Å². The first-order valence-corrected chi connectivity index (χ1v) is 8.64. The van der Waals surface area contributed by atoms with Gasteiger partial charge in [-0.3, -0.25) is 9.55 Å².